The number of amides is 1. The topological polar surface area (TPSA) is 50.8 Å². The van der Waals surface area contributed by atoms with Crippen LogP contribution in [0.1, 0.15) is 25.5 Å². The summed E-state index contributed by atoms with van der Waals surface area (Å²) < 4.78 is 10.7. The summed E-state index contributed by atoms with van der Waals surface area (Å²) >= 11 is 0. The first-order valence-corrected chi connectivity index (χ1v) is 8.22. The first-order chi connectivity index (χ1) is 11.7. The number of hydrogen-bond acceptors (Lipinski definition) is 4. The zero-order chi connectivity index (χ0) is 16.9. The van der Waals surface area contributed by atoms with Crippen LogP contribution in [0.5, 0.6) is 11.5 Å². The maximum absolute atomic E-state index is 12.9. The summed E-state index contributed by atoms with van der Waals surface area (Å²) in [5.74, 6) is 1.31. The number of nitrogens with zero attached hydrogens (tertiary/aromatic N) is 1. The molecule has 0 aliphatic carbocycles. The van der Waals surface area contributed by atoms with Gasteiger partial charge in [-0.25, -0.2) is 0 Å². The van der Waals surface area contributed by atoms with E-state index in [1.807, 2.05) is 42.5 Å². The second-order valence-electron chi connectivity index (χ2n) is 5.59. The summed E-state index contributed by atoms with van der Waals surface area (Å²) in [6, 6.07) is 15.0. The van der Waals surface area contributed by atoms with Gasteiger partial charge in [0.15, 0.2) is 11.5 Å². The largest absolute Gasteiger partial charge is 0.454 e. The molecule has 2 aromatic carbocycles. The molecule has 0 saturated heterocycles. The highest BCUT2D eigenvalue weighted by Gasteiger charge is 2.26. The molecule has 0 bridgehead atoms. The fraction of sp³-hybridized carbons (Fsp3) is 0.316. The van der Waals surface area contributed by atoms with E-state index in [4.69, 9.17) is 9.47 Å². The quantitative estimate of drug-likeness (QED) is 0.883. The molecule has 1 atom stereocenters. The lowest BCUT2D eigenvalue weighted by molar-refractivity contribution is -0.121. The highest BCUT2D eigenvalue weighted by atomic mass is 16.7. The predicted octanol–water partition coefficient (Wildman–Crippen LogP) is 3.44. The number of anilines is 1. The lowest BCUT2D eigenvalue weighted by Gasteiger charge is -2.29. The molecule has 2 aromatic rings. The highest BCUT2D eigenvalue weighted by Crippen LogP contribution is 2.34. The predicted molar refractivity (Wildman–Crippen MR) is 93.3 cm³/mol. The standard InChI is InChI=1S/C19H22N2O3/c1-3-21(4-2)18(14-8-6-5-7-9-14)19(22)20-15-10-11-16-17(12-15)24-13-23-16/h5-12,18H,3-4,13H2,1-2H3,(H,20,22)/t18-/m1/s1. The van der Waals surface area contributed by atoms with E-state index in [2.05, 4.69) is 24.1 Å². The smallest absolute Gasteiger partial charge is 0.246 e. The van der Waals surface area contributed by atoms with Gasteiger partial charge < -0.3 is 14.8 Å². The molecule has 5 nitrogen and oxygen atoms in total. The summed E-state index contributed by atoms with van der Waals surface area (Å²) in [6.07, 6.45) is 0. The highest BCUT2D eigenvalue weighted by molar-refractivity contribution is 5.95. The van der Waals surface area contributed by atoms with Gasteiger partial charge in [0.2, 0.25) is 12.7 Å². The van der Waals surface area contributed by atoms with Gasteiger partial charge in [-0.15, -0.1) is 0 Å². The Hall–Kier alpha value is -2.53. The summed E-state index contributed by atoms with van der Waals surface area (Å²) in [7, 11) is 0. The number of carbonyl (C=O) groups excluding carboxylic acids is 1. The number of benzene rings is 2. The lowest BCUT2D eigenvalue weighted by atomic mass is 10.0. The monoisotopic (exact) mass is 326 g/mol. The molecular formula is C19H22N2O3. The van der Waals surface area contributed by atoms with Crippen molar-refractivity contribution in [3.05, 3.63) is 54.1 Å². The summed E-state index contributed by atoms with van der Waals surface area (Å²) in [4.78, 5) is 15.1. The first-order valence-electron chi connectivity index (χ1n) is 8.22. The van der Waals surface area contributed by atoms with Gasteiger partial charge in [0.1, 0.15) is 6.04 Å². The molecule has 1 N–H and O–H groups in total. The van der Waals surface area contributed by atoms with E-state index in [1.165, 1.54) is 0 Å². The molecule has 5 heteroatoms. The molecule has 0 radical (unpaired) electrons. The van der Waals surface area contributed by atoms with Crippen molar-refractivity contribution in [2.75, 3.05) is 25.2 Å². The van der Waals surface area contributed by atoms with Crippen molar-refractivity contribution in [3.63, 3.8) is 0 Å². The molecule has 126 valence electrons. The van der Waals surface area contributed by atoms with Gasteiger partial charge in [-0.3, -0.25) is 9.69 Å². The molecule has 0 aromatic heterocycles. The number of carbonyl (C=O) groups is 1. The van der Waals surface area contributed by atoms with E-state index < -0.39 is 0 Å². The number of rotatable bonds is 6. The van der Waals surface area contributed by atoms with Crippen molar-refractivity contribution in [2.24, 2.45) is 0 Å². The minimum atomic E-state index is -0.327. The van der Waals surface area contributed by atoms with E-state index >= 15 is 0 Å². The van der Waals surface area contributed by atoms with Gasteiger partial charge in [-0.05, 0) is 30.8 Å². The number of likely N-dealkylation sites (N-methyl/N-ethyl adjacent to an activating group) is 1. The Kier molecular flexibility index (Phi) is 5.01. The van der Waals surface area contributed by atoms with E-state index in [1.54, 1.807) is 6.07 Å². The summed E-state index contributed by atoms with van der Waals surface area (Å²) in [5, 5.41) is 3.00. The maximum Gasteiger partial charge on any atom is 0.246 e. The molecule has 0 unspecified atom stereocenters. The van der Waals surface area contributed by atoms with Gasteiger partial charge in [-0.1, -0.05) is 44.2 Å². The van der Waals surface area contributed by atoms with Crippen molar-refractivity contribution in [3.8, 4) is 11.5 Å². The molecule has 0 saturated carbocycles. The van der Waals surface area contributed by atoms with E-state index in [9.17, 15) is 4.79 Å². The minimum Gasteiger partial charge on any atom is -0.454 e. The third-order valence-electron chi connectivity index (χ3n) is 4.18. The van der Waals surface area contributed by atoms with Crippen LogP contribution in [0, 0.1) is 0 Å². The number of ether oxygens (including phenoxy) is 2. The van der Waals surface area contributed by atoms with Crippen LogP contribution in [-0.4, -0.2) is 30.7 Å². The van der Waals surface area contributed by atoms with Crippen molar-refractivity contribution in [1.82, 2.24) is 4.90 Å². The average Bonchev–Trinajstić information content (AvgIpc) is 3.07. The third kappa shape index (κ3) is 3.36. The third-order valence-corrected chi connectivity index (χ3v) is 4.18. The van der Waals surface area contributed by atoms with Crippen LogP contribution in [-0.2, 0) is 4.79 Å². The Balaban J connectivity index is 1.83. The molecule has 1 amide bonds. The molecule has 3 rings (SSSR count). The van der Waals surface area contributed by atoms with E-state index in [0.717, 1.165) is 18.7 Å². The van der Waals surface area contributed by atoms with Crippen LogP contribution >= 0.6 is 0 Å². The number of nitrogens with one attached hydrogen (secondary N) is 1. The van der Waals surface area contributed by atoms with Crippen molar-refractivity contribution < 1.29 is 14.3 Å². The molecule has 24 heavy (non-hydrogen) atoms. The number of fused-ring (bicyclic) bond motifs is 1. The van der Waals surface area contributed by atoms with Gasteiger partial charge in [0.25, 0.3) is 0 Å². The van der Waals surface area contributed by atoms with Crippen LogP contribution in [0.4, 0.5) is 5.69 Å². The maximum atomic E-state index is 12.9. The fourth-order valence-corrected chi connectivity index (χ4v) is 2.94. The Bertz CT molecular complexity index is 699. The minimum absolute atomic E-state index is 0.0521. The van der Waals surface area contributed by atoms with Gasteiger partial charge in [0, 0.05) is 11.8 Å². The molecule has 1 aliphatic rings. The zero-order valence-electron chi connectivity index (χ0n) is 14.0. The van der Waals surface area contributed by atoms with E-state index in [-0.39, 0.29) is 18.7 Å². The van der Waals surface area contributed by atoms with Crippen molar-refractivity contribution in [1.29, 1.82) is 0 Å². The van der Waals surface area contributed by atoms with Gasteiger partial charge in [-0.2, -0.15) is 0 Å². The zero-order valence-corrected chi connectivity index (χ0v) is 14.0. The molecule has 0 spiro atoms. The number of hydrogen-bond donors (Lipinski definition) is 1. The Labute approximate surface area is 142 Å². The first kappa shape index (κ1) is 16.3. The van der Waals surface area contributed by atoms with Crippen LogP contribution in [0.2, 0.25) is 0 Å². The fourth-order valence-electron chi connectivity index (χ4n) is 2.94. The second kappa shape index (κ2) is 7.36. The second-order valence-corrected chi connectivity index (χ2v) is 5.59. The Morgan fingerprint density at radius 3 is 2.50 bits per heavy atom. The molecule has 1 aliphatic heterocycles. The average molecular weight is 326 g/mol. The lowest BCUT2D eigenvalue weighted by Crippen LogP contribution is -2.37. The van der Waals surface area contributed by atoms with E-state index in [0.29, 0.717) is 17.2 Å². The summed E-state index contributed by atoms with van der Waals surface area (Å²) in [5.41, 5.74) is 1.69. The van der Waals surface area contributed by atoms with Crippen molar-refractivity contribution in [2.45, 2.75) is 19.9 Å². The van der Waals surface area contributed by atoms with Gasteiger partial charge in [0.05, 0.1) is 0 Å². The van der Waals surface area contributed by atoms with Crippen LogP contribution in [0.3, 0.4) is 0 Å². The summed E-state index contributed by atoms with van der Waals surface area (Å²) in [6.45, 7) is 5.94. The SMILES string of the molecule is CCN(CC)[C@@H](C(=O)Nc1ccc2c(c1)OCO2)c1ccccc1. The van der Waals surface area contributed by atoms with Gasteiger partial charge >= 0.3 is 0 Å². The molecule has 0 fully saturated rings. The normalized spacial score (nSPS) is 13.8. The van der Waals surface area contributed by atoms with Crippen LogP contribution < -0.4 is 14.8 Å². The Morgan fingerprint density at radius 1 is 1.08 bits per heavy atom. The molecule has 1 heterocycles. The Morgan fingerprint density at radius 2 is 1.79 bits per heavy atom. The van der Waals surface area contributed by atoms with Crippen molar-refractivity contribution >= 4 is 11.6 Å². The van der Waals surface area contributed by atoms with Crippen LogP contribution in [0.25, 0.3) is 0 Å². The van der Waals surface area contributed by atoms with Crippen LogP contribution in [0.15, 0.2) is 48.5 Å². The molecular weight excluding hydrogens is 304 g/mol.